The molecule has 1 saturated carbocycles. The molecule has 2 aliphatic carbocycles. The van der Waals surface area contributed by atoms with Crippen LogP contribution in [-0.4, -0.2) is 28.7 Å². The van der Waals surface area contributed by atoms with Crippen LogP contribution in [0.4, 0.5) is 20.2 Å². The molecule has 45 heavy (non-hydrogen) atoms. The van der Waals surface area contributed by atoms with Gasteiger partial charge in [-0.15, -0.1) is 0 Å². The first-order chi connectivity index (χ1) is 21.5. The van der Waals surface area contributed by atoms with Crippen LogP contribution in [0.15, 0.2) is 78.9 Å². The lowest BCUT2D eigenvalue weighted by atomic mass is 9.51. The molecule has 0 spiro atoms. The van der Waals surface area contributed by atoms with Gasteiger partial charge in [-0.05, 0) is 79.3 Å². The second-order valence-electron chi connectivity index (χ2n) is 12.3. The van der Waals surface area contributed by atoms with E-state index in [0.29, 0.717) is 16.8 Å². The highest BCUT2D eigenvalue weighted by Gasteiger charge is 2.67. The molecule has 7 nitrogen and oxygen atoms in total. The highest BCUT2D eigenvalue weighted by Crippen LogP contribution is 2.63. The number of halogens is 3. The quantitative estimate of drug-likeness (QED) is 0.266. The smallest absolute Gasteiger partial charge is 0.241 e. The van der Waals surface area contributed by atoms with E-state index in [2.05, 4.69) is 6.58 Å². The first-order valence-electron chi connectivity index (χ1n) is 14.6. The highest BCUT2D eigenvalue weighted by molar-refractivity contribution is 6.32. The Kier molecular flexibility index (Phi) is 6.60. The van der Waals surface area contributed by atoms with Crippen molar-refractivity contribution in [3.63, 3.8) is 0 Å². The maximum absolute atomic E-state index is 14.9. The van der Waals surface area contributed by atoms with Gasteiger partial charge in [0.15, 0.2) is 11.6 Å². The first kappa shape index (κ1) is 29.1. The molecular weight excluding hydrogens is 602 g/mol. The molecule has 3 aromatic carbocycles. The third-order valence-electron chi connectivity index (χ3n) is 10.1. The van der Waals surface area contributed by atoms with Gasteiger partial charge in [-0.3, -0.25) is 24.1 Å². The molecule has 0 bridgehead atoms. The van der Waals surface area contributed by atoms with Crippen LogP contribution in [0.25, 0.3) is 6.08 Å². The minimum atomic E-state index is -1.43. The van der Waals surface area contributed by atoms with E-state index < -0.39 is 70.1 Å². The van der Waals surface area contributed by atoms with Crippen molar-refractivity contribution >= 4 is 52.7 Å². The molecule has 4 amide bonds. The molecule has 4 aliphatic rings. The summed E-state index contributed by atoms with van der Waals surface area (Å²) < 4.78 is 28.9. The third-order valence-corrected chi connectivity index (χ3v) is 10.4. The van der Waals surface area contributed by atoms with E-state index >= 15 is 0 Å². The van der Waals surface area contributed by atoms with Gasteiger partial charge in [-0.2, -0.15) is 0 Å². The number of imide groups is 2. The summed E-state index contributed by atoms with van der Waals surface area (Å²) >= 11 is 6.03. The second-order valence-corrected chi connectivity index (χ2v) is 12.7. The number of phenolic OH excluding ortho intramolecular Hbond substituents is 1. The Labute approximate surface area is 262 Å². The standard InChI is InChI=1S/C35H27ClF2N2O5/c1-3-17-4-7-19(8-5-17)39-31(42)22-11-10-21-23(29(22)33(39)44)16-24-32(43)40(20-9-12-26(37)25(36)15-20)34(45)35(24,2)30(21)18-6-13-28(41)27(38)14-18/h3-10,12-15,22-24,29-30,41H,1,11,16H2,2H3. The fourth-order valence-corrected chi connectivity index (χ4v) is 8.16. The van der Waals surface area contributed by atoms with Crippen molar-refractivity contribution in [1.82, 2.24) is 0 Å². The summed E-state index contributed by atoms with van der Waals surface area (Å²) in [5.41, 5.74) is 0.939. The van der Waals surface area contributed by atoms with Gasteiger partial charge in [-0.25, -0.2) is 13.7 Å². The lowest BCUT2D eigenvalue weighted by Gasteiger charge is -2.49. The number of aromatic hydroxyl groups is 1. The lowest BCUT2D eigenvalue weighted by molar-refractivity contribution is -0.131. The van der Waals surface area contributed by atoms with Gasteiger partial charge in [0.25, 0.3) is 0 Å². The van der Waals surface area contributed by atoms with Crippen molar-refractivity contribution in [1.29, 1.82) is 0 Å². The number of hydrogen-bond donors (Lipinski definition) is 1. The summed E-state index contributed by atoms with van der Waals surface area (Å²) in [6, 6.07) is 14.3. The van der Waals surface area contributed by atoms with E-state index in [4.69, 9.17) is 11.6 Å². The van der Waals surface area contributed by atoms with Gasteiger partial charge in [0.1, 0.15) is 5.82 Å². The van der Waals surface area contributed by atoms with Crippen molar-refractivity contribution in [2.45, 2.75) is 25.7 Å². The molecule has 6 unspecified atom stereocenters. The number of carbonyl (C=O) groups is 4. The van der Waals surface area contributed by atoms with Crippen LogP contribution >= 0.6 is 11.6 Å². The van der Waals surface area contributed by atoms with Crippen LogP contribution in [0.2, 0.25) is 5.02 Å². The van der Waals surface area contributed by atoms with Crippen molar-refractivity contribution in [3.05, 3.63) is 107 Å². The van der Waals surface area contributed by atoms with E-state index in [1.54, 1.807) is 37.3 Å². The molecule has 228 valence electrons. The van der Waals surface area contributed by atoms with Crippen molar-refractivity contribution < 1.29 is 33.1 Å². The zero-order valence-corrected chi connectivity index (χ0v) is 24.8. The fourth-order valence-electron chi connectivity index (χ4n) is 7.98. The number of fused-ring (bicyclic) bond motifs is 4. The van der Waals surface area contributed by atoms with Crippen molar-refractivity contribution in [3.8, 4) is 5.75 Å². The number of carbonyl (C=O) groups excluding carboxylic acids is 4. The molecule has 2 heterocycles. The normalized spacial score (nSPS) is 29.0. The predicted octanol–water partition coefficient (Wildman–Crippen LogP) is 6.40. The third kappa shape index (κ3) is 4.06. The van der Waals surface area contributed by atoms with Crippen LogP contribution in [0, 0.1) is 40.7 Å². The number of phenols is 1. The van der Waals surface area contributed by atoms with Gasteiger partial charge in [0, 0.05) is 5.92 Å². The summed E-state index contributed by atoms with van der Waals surface area (Å²) in [6.45, 7) is 5.39. The van der Waals surface area contributed by atoms with Gasteiger partial charge in [0.05, 0.1) is 39.6 Å². The minimum absolute atomic E-state index is 0.0961. The van der Waals surface area contributed by atoms with Crippen LogP contribution in [-0.2, 0) is 19.2 Å². The number of anilines is 2. The molecule has 0 radical (unpaired) electrons. The van der Waals surface area contributed by atoms with Crippen LogP contribution in [0.5, 0.6) is 5.75 Å². The highest BCUT2D eigenvalue weighted by atomic mass is 35.5. The molecule has 0 aromatic heterocycles. The lowest BCUT2D eigenvalue weighted by Crippen LogP contribution is -2.48. The van der Waals surface area contributed by atoms with E-state index in [1.165, 1.54) is 29.2 Å². The van der Waals surface area contributed by atoms with Crippen molar-refractivity contribution in [2.75, 3.05) is 9.80 Å². The Hall–Kier alpha value is -4.63. The molecule has 2 saturated heterocycles. The Morgan fingerprint density at radius 2 is 1.60 bits per heavy atom. The number of rotatable bonds is 4. The zero-order valence-electron chi connectivity index (χ0n) is 24.0. The molecule has 7 rings (SSSR count). The number of amides is 4. The Bertz CT molecular complexity index is 1870. The second kappa shape index (κ2) is 10.2. The maximum atomic E-state index is 14.9. The molecule has 10 heteroatoms. The molecule has 1 N–H and O–H groups in total. The molecule has 3 fully saturated rings. The fraction of sp³-hybridized carbons (Fsp3) is 0.257. The molecular formula is C35H27ClF2N2O5. The van der Waals surface area contributed by atoms with Crippen LogP contribution in [0.1, 0.15) is 36.8 Å². The minimum Gasteiger partial charge on any atom is -0.505 e. The zero-order chi connectivity index (χ0) is 31.9. The Morgan fingerprint density at radius 1 is 0.889 bits per heavy atom. The average Bonchev–Trinajstić information content (AvgIpc) is 3.39. The molecule has 6 atom stereocenters. The summed E-state index contributed by atoms with van der Waals surface area (Å²) in [5.74, 6) is -7.95. The number of nitrogens with zero attached hydrogens (tertiary/aromatic N) is 2. The van der Waals surface area contributed by atoms with E-state index in [1.807, 2.05) is 6.08 Å². The SMILES string of the molecule is C=Cc1ccc(N2C(=O)C3CC=C4C(CC5C(=O)N(c6ccc(F)c(Cl)c6)C(=O)C5(C)C4c4ccc(O)c(F)c4)C3C2=O)cc1. The van der Waals surface area contributed by atoms with E-state index in [0.717, 1.165) is 22.6 Å². The Balaban J connectivity index is 1.36. The van der Waals surface area contributed by atoms with E-state index in [-0.39, 0.29) is 29.5 Å². The summed E-state index contributed by atoms with van der Waals surface area (Å²) in [6.07, 6.45) is 3.83. The summed E-state index contributed by atoms with van der Waals surface area (Å²) in [4.78, 5) is 58.6. The summed E-state index contributed by atoms with van der Waals surface area (Å²) in [5, 5.41) is 9.70. The predicted molar refractivity (Wildman–Crippen MR) is 163 cm³/mol. The van der Waals surface area contributed by atoms with Gasteiger partial charge in [-0.1, -0.05) is 54.1 Å². The van der Waals surface area contributed by atoms with Gasteiger partial charge < -0.3 is 5.11 Å². The summed E-state index contributed by atoms with van der Waals surface area (Å²) in [7, 11) is 0. The molecule has 3 aromatic rings. The largest absolute Gasteiger partial charge is 0.505 e. The van der Waals surface area contributed by atoms with Crippen molar-refractivity contribution in [2.24, 2.45) is 29.1 Å². The Morgan fingerprint density at radius 3 is 2.27 bits per heavy atom. The number of hydrogen-bond acceptors (Lipinski definition) is 5. The van der Waals surface area contributed by atoms with Gasteiger partial charge in [0.2, 0.25) is 23.6 Å². The first-order valence-corrected chi connectivity index (χ1v) is 15.0. The van der Waals surface area contributed by atoms with Crippen LogP contribution in [0.3, 0.4) is 0 Å². The number of allylic oxidation sites excluding steroid dienone is 2. The van der Waals surface area contributed by atoms with Gasteiger partial charge >= 0.3 is 0 Å². The van der Waals surface area contributed by atoms with Crippen LogP contribution < -0.4 is 9.80 Å². The maximum Gasteiger partial charge on any atom is 0.241 e. The molecule has 2 aliphatic heterocycles. The monoisotopic (exact) mass is 628 g/mol. The van der Waals surface area contributed by atoms with E-state index in [9.17, 15) is 33.1 Å². The average molecular weight is 629 g/mol. The number of benzene rings is 3. The topological polar surface area (TPSA) is 95.0 Å².